The number of aromatic nitrogens is 1. The Kier molecular flexibility index (Phi) is 4.17. The molecule has 0 bridgehead atoms. The Morgan fingerprint density at radius 3 is 2.63 bits per heavy atom. The summed E-state index contributed by atoms with van der Waals surface area (Å²) in [6, 6.07) is 10.0. The van der Waals surface area contributed by atoms with Gasteiger partial charge in [-0.05, 0) is 44.0 Å². The summed E-state index contributed by atoms with van der Waals surface area (Å²) in [4.78, 5) is 4.27. The zero-order valence-electron chi connectivity index (χ0n) is 11.6. The second-order valence-corrected chi connectivity index (χ2v) is 4.77. The second kappa shape index (κ2) is 5.85. The fourth-order valence-corrected chi connectivity index (χ4v) is 1.95. The summed E-state index contributed by atoms with van der Waals surface area (Å²) >= 11 is 0. The summed E-state index contributed by atoms with van der Waals surface area (Å²) in [5.41, 5.74) is 5.04. The summed E-state index contributed by atoms with van der Waals surface area (Å²) in [6.45, 7) is 6.41. The number of nitrogens with zero attached hydrogens (tertiary/aromatic N) is 1. The number of pyridine rings is 1. The molecule has 2 aromatic rings. The van der Waals surface area contributed by atoms with Crippen LogP contribution in [0.2, 0.25) is 0 Å². The molecule has 0 aliphatic heterocycles. The van der Waals surface area contributed by atoms with Crippen molar-refractivity contribution in [3.8, 4) is 5.75 Å². The van der Waals surface area contributed by atoms with Crippen LogP contribution in [0.5, 0.6) is 5.75 Å². The van der Waals surface area contributed by atoms with Crippen LogP contribution < -0.4 is 4.74 Å². The van der Waals surface area contributed by atoms with Crippen molar-refractivity contribution in [2.75, 3.05) is 0 Å². The van der Waals surface area contributed by atoms with Crippen LogP contribution >= 0.6 is 0 Å². The number of hydrogen-bond donors (Lipinski definition) is 1. The van der Waals surface area contributed by atoms with Gasteiger partial charge in [-0.2, -0.15) is 0 Å². The van der Waals surface area contributed by atoms with Gasteiger partial charge in [0.2, 0.25) is 0 Å². The minimum absolute atomic E-state index is 0.107. The first-order valence-corrected chi connectivity index (χ1v) is 6.36. The summed E-state index contributed by atoms with van der Waals surface area (Å²) in [7, 11) is 0. The molecule has 19 heavy (non-hydrogen) atoms. The number of hydrogen-bond acceptors (Lipinski definition) is 3. The minimum Gasteiger partial charge on any atom is -0.487 e. The van der Waals surface area contributed by atoms with Gasteiger partial charge in [0, 0.05) is 5.69 Å². The highest BCUT2D eigenvalue weighted by Crippen LogP contribution is 2.20. The van der Waals surface area contributed by atoms with Crippen LogP contribution in [-0.2, 0) is 13.2 Å². The quantitative estimate of drug-likeness (QED) is 0.915. The molecule has 0 aliphatic rings. The lowest BCUT2D eigenvalue weighted by atomic mass is 10.1. The molecule has 1 aromatic heterocycles. The highest BCUT2D eigenvalue weighted by Gasteiger charge is 2.06. The zero-order chi connectivity index (χ0) is 13.8. The van der Waals surface area contributed by atoms with Gasteiger partial charge in [0.05, 0.1) is 6.61 Å². The molecule has 0 saturated heterocycles. The lowest BCUT2D eigenvalue weighted by Gasteiger charge is -2.12. The molecule has 0 saturated carbocycles. The van der Waals surface area contributed by atoms with Crippen molar-refractivity contribution < 1.29 is 9.84 Å². The maximum atomic E-state index is 9.30. The average molecular weight is 257 g/mol. The maximum absolute atomic E-state index is 9.30. The Bertz CT molecular complexity index is 579. The molecular weight excluding hydrogens is 238 g/mol. The Labute approximate surface area is 113 Å². The van der Waals surface area contributed by atoms with E-state index in [0.29, 0.717) is 18.1 Å². The van der Waals surface area contributed by atoms with Gasteiger partial charge >= 0.3 is 0 Å². The molecule has 100 valence electrons. The van der Waals surface area contributed by atoms with Crippen molar-refractivity contribution in [3.63, 3.8) is 0 Å². The Balaban J connectivity index is 2.16. The summed E-state index contributed by atoms with van der Waals surface area (Å²) in [5.74, 6) is 0.647. The second-order valence-electron chi connectivity index (χ2n) is 4.77. The van der Waals surface area contributed by atoms with Crippen LogP contribution in [0.15, 0.2) is 30.3 Å². The lowest BCUT2D eigenvalue weighted by Crippen LogP contribution is -2.03. The van der Waals surface area contributed by atoms with E-state index in [1.165, 1.54) is 11.1 Å². The fraction of sp³-hybridized carbons (Fsp3) is 0.312. The predicted molar refractivity (Wildman–Crippen MR) is 75.1 cm³/mol. The number of aryl methyl sites for hydroxylation is 3. The van der Waals surface area contributed by atoms with Crippen molar-refractivity contribution >= 4 is 0 Å². The van der Waals surface area contributed by atoms with E-state index < -0.39 is 0 Å². The number of aliphatic hydroxyl groups excluding tert-OH is 1. The van der Waals surface area contributed by atoms with E-state index in [1.54, 1.807) is 0 Å². The first-order chi connectivity index (χ1) is 9.10. The van der Waals surface area contributed by atoms with Gasteiger partial charge < -0.3 is 9.84 Å². The molecule has 0 atom stereocenters. The van der Waals surface area contributed by atoms with E-state index in [9.17, 15) is 5.11 Å². The predicted octanol–water partition coefficient (Wildman–Crippen LogP) is 3.08. The maximum Gasteiger partial charge on any atom is 0.143 e. The van der Waals surface area contributed by atoms with Crippen LogP contribution in [0.1, 0.15) is 28.1 Å². The van der Waals surface area contributed by atoms with Gasteiger partial charge in [0.1, 0.15) is 18.1 Å². The molecule has 0 spiro atoms. The SMILES string of the molecule is Cc1ccc(C)c(COc2ccc(C)nc2CO)c1. The van der Waals surface area contributed by atoms with Crippen LogP contribution in [0.4, 0.5) is 0 Å². The van der Waals surface area contributed by atoms with Gasteiger partial charge in [0.25, 0.3) is 0 Å². The number of ether oxygens (including phenoxy) is 1. The van der Waals surface area contributed by atoms with E-state index in [1.807, 2.05) is 19.1 Å². The number of benzene rings is 1. The van der Waals surface area contributed by atoms with Gasteiger partial charge in [-0.3, -0.25) is 4.98 Å². The molecule has 0 aliphatic carbocycles. The smallest absolute Gasteiger partial charge is 0.143 e. The Morgan fingerprint density at radius 2 is 1.89 bits per heavy atom. The zero-order valence-corrected chi connectivity index (χ0v) is 11.6. The Morgan fingerprint density at radius 1 is 1.11 bits per heavy atom. The van der Waals surface area contributed by atoms with Crippen molar-refractivity contribution in [3.05, 3.63) is 58.4 Å². The van der Waals surface area contributed by atoms with Crippen LogP contribution in [0.3, 0.4) is 0 Å². The third-order valence-corrected chi connectivity index (χ3v) is 3.11. The molecule has 3 heteroatoms. The molecule has 3 nitrogen and oxygen atoms in total. The van der Waals surface area contributed by atoms with E-state index in [0.717, 1.165) is 11.3 Å². The summed E-state index contributed by atoms with van der Waals surface area (Å²) < 4.78 is 5.78. The van der Waals surface area contributed by atoms with E-state index in [2.05, 4.69) is 37.0 Å². The van der Waals surface area contributed by atoms with Gasteiger partial charge in [-0.25, -0.2) is 0 Å². The van der Waals surface area contributed by atoms with Crippen molar-refractivity contribution in [2.45, 2.75) is 34.0 Å². The third kappa shape index (κ3) is 3.32. The molecule has 0 fully saturated rings. The van der Waals surface area contributed by atoms with Crippen molar-refractivity contribution in [1.82, 2.24) is 4.98 Å². The van der Waals surface area contributed by atoms with E-state index in [-0.39, 0.29) is 6.61 Å². The highest BCUT2D eigenvalue weighted by molar-refractivity contribution is 5.32. The van der Waals surface area contributed by atoms with E-state index >= 15 is 0 Å². The highest BCUT2D eigenvalue weighted by atomic mass is 16.5. The molecule has 2 rings (SSSR count). The molecule has 0 amide bonds. The van der Waals surface area contributed by atoms with Gasteiger partial charge in [-0.1, -0.05) is 23.8 Å². The van der Waals surface area contributed by atoms with Crippen LogP contribution in [0.25, 0.3) is 0 Å². The first-order valence-electron chi connectivity index (χ1n) is 6.36. The minimum atomic E-state index is -0.107. The molecular formula is C16H19NO2. The fourth-order valence-electron chi connectivity index (χ4n) is 1.95. The third-order valence-electron chi connectivity index (χ3n) is 3.11. The first kappa shape index (κ1) is 13.6. The largest absolute Gasteiger partial charge is 0.487 e. The molecule has 1 N–H and O–H groups in total. The molecule has 0 radical (unpaired) electrons. The number of aliphatic hydroxyl groups is 1. The summed E-state index contributed by atoms with van der Waals surface area (Å²) in [5, 5.41) is 9.30. The Hall–Kier alpha value is -1.87. The monoisotopic (exact) mass is 257 g/mol. The van der Waals surface area contributed by atoms with Gasteiger partial charge in [-0.15, -0.1) is 0 Å². The molecule has 1 heterocycles. The molecule has 1 aromatic carbocycles. The van der Waals surface area contributed by atoms with Crippen molar-refractivity contribution in [2.24, 2.45) is 0 Å². The summed E-state index contributed by atoms with van der Waals surface area (Å²) in [6.07, 6.45) is 0. The molecule has 0 unspecified atom stereocenters. The lowest BCUT2D eigenvalue weighted by molar-refractivity contribution is 0.253. The normalized spacial score (nSPS) is 10.5. The topological polar surface area (TPSA) is 42.4 Å². The average Bonchev–Trinajstić information content (AvgIpc) is 2.40. The van der Waals surface area contributed by atoms with Crippen LogP contribution in [-0.4, -0.2) is 10.1 Å². The van der Waals surface area contributed by atoms with Gasteiger partial charge in [0.15, 0.2) is 0 Å². The van der Waals surface area contributed by atoms with E-state index in [4.69, 9.17) is 4.74 Å². The number of rotatable bonds is 4. The standard InChI is InChI=1S/C16H19NO2/c1-11-4-5-12(2)14(8-11)10-19-16-7-6-13(3)17-15(16)9-18/h4-8,18H,9-10H2,1-3H3. The van der Waals surface area contributed by atoms with Crippen molar-refractivity contribution in [1.29, 1.82) is 0 Å². The van der Waals surface area contributed by atoms with Crippen LogP contribution in [0, 0.1) is 20.8 Å².